The summed E-state index contributed by atoms with van der Waals surface area (Å²) in [6.07, 6.45) is 0.939. The van der Waals surface area contributed by atoms with Gasteiger partial charge in [0.15, 0.2) is 5.41 Å². The predicted molar refractivity (Wildman–Crippen MR) is 90.3 cm³/mol. The van der Waals surface area contributed by atoms with Crippen LogP contribution in [0.25, 0.3) is 0 Å². The van der Waals surface area contributed by atoms with Crippen molar-refractivity contribution in [2.24, 2.45) is 11.3 Å². The second-order valence-corrected chi connectivity index (χ2v) is 7.39. The molecule has 1 heterocycles. The molecule has 1 N–H and O–H groups in total. The molecule has 0 aromatic heterocycles. The molecule has 0 saturated heterocycles. The first-order chi connectivity index (χ1) is 12.4. The molecule has 2 saturated carbocycles. The van der Waals surface area contributed by atoms with Crippen LogP contribution in [-0.2, 0) is 34.0 Å². The summed E-state index contributed by atoms with van der Waals surface area (Å²) in [5.74, 6) is -1.64. The summed E-state index contributed by atoms with van der Waals surface area (Å²) >= 11 is 0. The highest BCUT2D eigenvalue weighted by Gasteiger charge is 2.81. The van der Waals surface area contributed by atoms with Crippen molar-refractivity contribution >= 4 is 23.6 Å². The third-order valence-corrected chi connectivity index (χ3v) is 6.63. The molecule has 0 amide bonds. The SMILES string of the molecule is COC(=O)C1(C(=O)OC)C[C@@H]2C[C@@]3(C(=O)OC)Nc4ccccc4[C@@]23C1. The average molecular weight is 359 g/mol. The van der Waals surface area contributed by atoms with Crippen LogP contribution in [0.5, 0.6) is 0 Å². The van der Waals surface area contributed by atoms with Gasteiger partial charge in [-0.25, -0.2) is 4.79 Å². The van der Waals surface area contributed by atoms with E-state index in [1.54, 1.807) is 0 Å². The van der Waals surface area contributed by atoms with Crippen LogP contribution in [0.3, 0.4) is 0 Å². The lowest BCUT2D eigenvalue weighted by Gasteiger charge is -2.56. The van der Waals surface area contributed by atoms with E-state index in [0.717, 1.165) is 11.3 Å². The van der Waals surface area contributed by atoms with E-state index >= 15 is 0 Å². The van der Waals surface area contributed by atoms with Gasteiger partial charge < -0.3 is 19.5 Å². The Kier molecular flexibility index (Phi) is 3.39. The minimum atomic E-state index is -1.41. The Labute approximate surface area is 151 Å². The Hall–Kier alpha value is -2.57. The second kappa shape index (κ2) is 5.22. The van der Waals surface area contributed by atoms with Gasteiger partial charge in [0.1, 0.15) is 5.54 Å². The minimum absolute atomic E-state index is 0.0315. The number of hydrogen-bond donors (Lipinski definition) is 1. The van der Waals surface area contributed by atoms with Crippen molar-refractivity contribution in [3.8, 4) is 0 Å². The number of ether oxygens (including phenoxy) is 3. The van der Waals surface area contributed by atoms with Crippen molar-refractivity contribution < 1.29 is 28.6 Å². The standard InChI is InChI=1S/C19H21NO6/c1-24-14(21)17(15(22)25-2)8-11-9-19(16(23)26-3)18(11,10-17)12-6-4-5-7-13(12)20-19/h4-7,11,20H,8-10H2,1-3H3/t11-,18-,19+/m1/s1. The topological polar surface area (TPSA) is 90.9 Å². The van der Waals surface area contributed by atoms with Gasteiger partial charge in [0.2, 0.25) is 0 Å². The Morgan fingerprint density at radius 2 is 1.58 bits per heavy atom. The van der Waals surface area contributed by atoms with Crippen molar-refractivity contribution in [2.45, 2.75) is 30.2 Å². The normalized spacial score (nSPS) is 32.2. The number of methoxy groups -OCH3 is 3. The first-order valence-corrected chi connectivity index (χ1v) is 8.55. The van der Waals surface area contributed by atoms with Crippen LogP contribution in [0.4, 0.5) is 5.69 Å². The van der Waals surface area contributed by atoms with Crippen molar-refractivity contribution in [1.29, 1.82) is 0 Å². The van der Waals surface area contributed by atoms with Gasteiger partial charge in [-0.2, -0.15) is 0 Å². The maximum absolute atomic E-state index is 12.8. The molecule has 2 fully saturated rings. The fraction of sp³-hybridized carbons (Fsp3) is 0.526. The molecular weight excluding hydrogens is 338 g/mol. The summed E-state index contributed by atoms with van der Waals surface area (Å²) in [6.45, 7) is 0. The molecule has 7 heteroatoms. The van der Waals surface area contributed by atoms with Crippen LogP contribution in [0.2, 0.25) is 0 Å². The van der Waals surface area contributed by atoms with Crippen molar-refractivity contribution in [2.75, 3.05) is 26.6 Å². The fourth-order valence-electron chi connectivity index (χ4n) is 5.65. The third-order valence-electron chi connectivity index (χ3n) is 6.63. The summed E-state index contributed by atoms with van der Waals surface area (Å²) in [4.78, 5) is 38.0. The number of hydrogen-bond acceptors (Lipinski definition) is 7. The Balaban J connectivity index is 1.90. The number of carbonyl (C=O) groups excluding carboxylic acids is 3. The van der Waals surface area contributed by atoms with E-state index < -0.39 is 28.3 Å². The largest absolute Gasteiger partial charge is 0.468 e. The van der Waals surface area contributed by atoms with Gasteiger partial charge in [0, 0.05) is 11.1 Å². The lowest BCUT2D eigenvalue weighted by molar-refractivity contribution is -0.169. The molecule has 0 unspecified atom stereocenters. The van der Waals surface area contributed by atoms with Crippen LogP contribution in [-0.4, -0.2) is 44.8 Å². The van der Waals surface area contributed by atoms with Crippen LogP contribution >= 0.6 is 0 Å². The molecule has 26 heavy (non-hydrogen) atoms. The molecule has 1 aromatic carbocycles. The van der Waals surface area contributed by atoms with E-state index in [4.69, 9.17) is 14.2 Å². The van der Waals surface area contributed by atoms with Gasteiger partial charge in [-0.3, -0.25) is 9.59 Å². The van der Waals surface area contributed by atoms with Crippen LogP contribution < -0.4 is 5.32 Å². The van der Waals surface area contributed by atoms with Crippen molar-refractivity contribution in [3.05, 3.63) is 29.8 Å². The van der Waals surface area contributed by atoms with Crippen molar-refractivity contribution in [1.82, 2.24) is 0 Å². The first-order valence-electron chi connectivity index (χ1n) is 8.55. The molecule has 0 radical (unpaired) electrons. The average Bonchev–Trinajstić information content (AvgIpc) is 3.07. The number of rotatable bonds is 3. The van der Waals surface area contributed by atoms with Crippen molar-refractivity contribution in [3.63, 3.8) is 0 Å². The number of carbonyl (C=O) groups is 3. The molecule has 4 rings (SSSR count). The van der Waals surface area contributed by atoms with E-state index in [2.05, 4.69) is 5.32 Å². The van der Waals surface area contributed by atoms with Gasteiger partial charge >= 0.3 is 17.9 Å². The molecule has 2 aliphatic carbocycles. The first kappa shape index (κ1) is 16.9. The summed E-state index contributed by atoms with van der Waals surface area (Å²) in [5, 5.41) is 3.33. The molecule has 1 aromatic rings. The Bertz CT molecular complexity index is 804. The van der Waals surface area contributed by atoms with E-state index in [1.165, 1.54) is 21.3 Å². The number of nitrogens with one attached hydrogen (secondary N) is 1. The van der Waals surface area contributed by atoms with Gasteiger partial charge in [-0.15, -0.1) is 0 Å². The number of benzene rings is 1. The van der Waals surface area contributed by atoms with Crippen LogP contribution in [0.1, 0.15) is 24.8 Å². The number of fused-ring (bicyclic) bond motifs is 1. The molecule has 1 spiro atoms. The summed E-state index contributed by atoms with van der Waals surface area (Å²) in [6, 6.07) is 7.63. The van der Waals surface area contributed by atoms with Gasteiger partial charge in [-0.05, 0) is 36.8 Å². The van der Waals surface area contributed by atoms with E-state index in [1.807, 2.05) is 24.3 Å². The number of anilines is 1. The highest BCUT2D eigenvalue weighted by Crippen LogP contribution is 2.73. The fourth-order valence-corrected chi connectivity index (χ4v) is 5.65. The quantitative estimate of drug-likeness (QED) is 0.496. The van der Waals surface area contributed by atoms with Crippen LogP contribution in [0, 0.1) is 11.3 Å². The number of esters is 3. The molecular formula is C19H21NO6. The minimum Gasteiger partial charge on any atom is -0.468 e. The lowest BCUT2D eigenvalue weighted by Crippen LogP contribution is -2.69. The summed E-state index contributed by atoms with van der Waals surface area (Å²) in [5.41, 5.74) is -1.30. The van der Waals surface area contributed by atoms with E-state index in [0.29, 0.717) is 12.8 Å². The molecule has 0 bridgehead atoms. The Morgan fingerprint density at radius 1 is 0.962 bits per heavy atom. The Morgan fingerprint density at radius 3 is 2.19 bits per heavy atom. The molecule has 138 valence electrons. The maximum atomic E-state index is 12.8. The predicted octanol–water partition coefficient (Wildman–Crippen LogP) is 1.41. The molecule has 3 atom stereocenters. The molecule has 3 aliphatic rings. The lowest BCUT2D eigenvalue weighted by atomic mass is 9.48. The van der Waals surface area contributed by atoms with Gasteiger partial charge in [-0.1, -0.05) is 18.2 Å². The highest BCUT2D eigenvalue weighted by atomic mass is 16.5. The zero-order valence-electron chi connectivity index (χ0n) is 15.0. The monoisotopic (exact) mass is 359 g/mol. The maximum Gasteiger partial charge on any atom is 0.332 e. The molecule has 7 nitrogen and oxygen atoms in total. The van der Waals surface area contributed by atoms with E-state index in [9.17, 15) is 14.4 Å². The third kappa shape index (κ3) is 1.61. The highest BCUT2D eigenvalue weighted by molar-refractivity contribution is 6.03. The zero-order chi connectivity index (χ0) is 18.7. The van der Waals surface area contributed by atoms with Crippen LogP contribution in [0.15, 0.2) is 24.3 Å². The molecule has 1 aliphatic heterocycles. The number of para-hydroxylation sites is 1. The zero-order valence-corrected chi connectivity index (χ0v) is 15.0. The summed E-state index contributed by atoms with van der Waals surface area (Å²) in [7, 11) is 3.88. The smallest absolute Gasteiger partial charge is 0.332 e. The van der Waals surface area contributed by atoms with E-state index in [-0.39, 0.29) is 18.3 Å². The summed E-state index contributed by atoms with van der Waals surface area (Å²) < 4.78 is 15.0. The van der Waals surface area contributed by atoms with Gasteiger partial charge in [0.05, 0.1) is 21.3 Å². The van der Waals surface area contributed by atoms with Gasteiger partial charge in [0.25, 0.3) is 0 Å². The second-order valence-electron chi connectivity index (χ2n) is 7.39.